The van der Waals surface area contributed by atoms with Crippen LogP contribution in [-0.4, -0.2) is 51.4 Å². The summed E-state index contributed by atoms with van der Waals surface area (Å²) in [4.78, 5) is 21.5. The number of aryl methyl sites for hydroxylation is 2. The standard InChI is InChI=1S/C25H27N5O.2ClH/c1-19-3-8-23(13-20(19)2)25(31)29-11-9-28(10-12-29)17-24-15-27-18-30(24)16-22-6-4-21(14-26)5-7-22;;/h3-8,13,15,18H,9-12,16-17H2,1-2H3;2*1H. The first-order chi connectivity index (χ1) is 15.0. The van der Waals surface area contributed by atoms with Gasteiger partial charge in [0.2, 0.25) is 0 Å². The molecule has 0 atom stereocenters. The van der Waals surface area contributed by atoms with Gasteiger partial charge in [-0.2, -0.15) is 5.26 Å². The summed E-state index contributed by atoms with van der Waals surface area (Å²) in [6.45, 7) is 8.80. The fourth-order valence-electron chi connectivity index (χ4n) is 3.90. The summed E-state index contributed by atoms with van der Waals surface area (Å²) in [6.07, 6.45) is 3.77. The lowest BCUT2D eigenvalue weighted by molar-refractivity contribution is 0.0625. The summed E-state index contributed by atoms with van der Waals surface area (Å²) in [5, 5.41) is 8.96. The number of carbonyl (C=O) groups is 1. The van der Waals surface area contributed by atoms with Crippen molar-refractivity contribution in [3.05, 3.63) is 88.5 Å². The number of benzene rings is 2. The van der Waals surface area contributed by atoms with E-state index in [2.05, 4.69) is 27.4 Å². The van der Waals surface area contributed by atoms with Crippen molar-refractivity contribution in [2.24, 2.45) is 0 Å². The number of amides is 1. The highest BCUT2D eigenvalue weighted by atomic mass is 35.5. The molecule has 33 heavy (non-hydrogen) atoms. The Bertz CT molecular complexity index is 1110. The van der Waals surface area contributed by atoms with Crippen LogP contribution in [0.1, 0.15) is 38.3 Å². The van der Waals surface area contributed by atoms with Gasteiger partial charge in [-0.25, -0.2) is 4.98 Å². The van der Waals surface area contributed by atoms with Crippen molar-refractivity contribution in [1.29, 1.82) is 5.26 Å². The number of hydrogen-bond donors (Lipinski definition) is 0. The molecule has 6 nitrogen and oxygen atoms in total. The molecule has 3 aromatic rings. The first-order valence-electron chi connectivity index (χ1n) is 10.6. The van der Waals surface area contributed by atoms with Gasteiger partial charge in [-0.3, -0.25) is 9.69 Å². The maximum Gasteiger partial charge on any atom is 0.253 e. The van der Waals surface area contributed by atoms with Crippen LogP contribution >= 0.6 is 24.8 Å². The molecule has 1 aliphatic heterocycles. The summed E-state index contributed by atoms with van der Waals surface area (Å²) in [6, 6.07) is 15.8. The van der Waals surface area contributed by atoms with Crippen molar-refractivity contribution in [2.45, 2.75) is 26.9 Å². The van der Waals surface area contributed by atoms with Gasteiger partial charge in [-0.1, -0.05) is 18.2 Å². The summed E-state index contributed by atoms with van der Waals surface area (Å²) < 4.78 is 2.15. The van der Waals surface area contributed by atoms with Gasteiger partial charge in [-0.05, 0) is 54.8 Å². The topological polar surface area (TPSA) is 65.2 Å². The van der Waals surface area contributed by atoms with Gasteiger partial charge in [0.05, 0.1) is 23.7 Å². The Labute approximate surface area is 207 Å². The fourth-order valence-corrected chi connectivity index (χ4v) is 3.90. The zero-order valence-electron chi connectivity index (χ0n) is 18.9. The molecular formula is C25H29Cl2N5O. The number of carbonyl (C=O) groups excluding carboxylic acids is 1. The molecule has 8 heteroatoms. The van der Waals surface area contributed by atoms with Gasteiger partial charge >= 0.3 is 0 Å². The van der Waals surface area contributed by atoms with Gasteiger partial charge in [-0.15, -0.1) is 24.8 Å². The van der Waals surface area contributed by atoms with Gasteiger partial charge in [0.25, 0.3) is 5.91 Å². The van der Waals surface area contributed by atoms with E-state index in [1.165, 1.54) is 5.56 Å². The average Bonchev–Trinajstić information content (AvgIpc) is 3.22. The van der Waals surface area contributed by atoms with Crippen molar-refractivity contribution < 1.29 is 4.79 Å². The van der Waals surface area contributed by atoms with Crippen LogP contribution in [-0.2, 0) is 13.1 Å². The molecule has 1 aliphatic rings. The van der Waals surface area contributed by atoms with Gasteiger partial charge < -0.3 is 9.47 Å². The van der Waals surface area contributed by atoms with Crippen molar-refractivity contribution >= 4 is 30.7 Å². The van der Waals surface area contributed by atoms with Crippen LogP contribution in [0.5, 0.6) is 0 Å². The van der Waals surface area contributed by atoms with E-state index >= 15 is 0 Å². The molecule has 1 saturated heterocycles. The number of piperazine rings is 1. The minimum Gasteiger partial charge on any atom is -0.336 e. The third-order valence-corrected chi connectivity index (χ3v) is 6.03. The molecule has 0 spiro atoms. The second-order valence-electron chi connectivity index (χ2n) is 8.19. The van der Waals surface area contributed by atoms with E-state index < -0.39 is 0 Å². The zero-order chi connectivity index (χ0) is 21.8. The van der Waals surface area contributed by atoms with Crippen molar-refractivity contribution in [1.82, 2.24) is 19.4 Å². The maximum absolute atomic E-state index is 12.9. The SMILES string of the molecule is Cc1ccc(C(=O)N2CCN(Cc3cncn3Cc3ccc(C#N)cc3)CC2)cc1C.Cl.Cl. The Morgan fingerprint density at radius 3 is 2.30 bits per heavy atom. The molecule has 0 radical (unpaired) electrons. The first kappa shape index (κ1) is 26.4. The molecule has 2 aromatic carbocycles. The minimum atomic E-state index is 0. The third-order valence-electron chi connectivity index (χ3n) is 6.03. The van der Waals surface area contributed by atoms with Crippen LogP contribution in [0.25, 0.3) is 0 Å². The summed E-state index contributed by atoms with van der Waals surface area (Å²) in [5.41, 5.74) is 6.10. The Morgan fingerprint density at radius 1 is 0.970 bits per heavy atom. The highest BCUT2D eigenvalue weighted by Crippen LogP contribution is 2.15. The highest BCUT2D eigenvalue weighted by molar-refractivity contribution is 5.94. The van der Waals surface area contributed by atoms with Crippen LogP contribution in [0.2, 0.25) is 0 Å². The molecule has 1 amide bonds. The molecule has 2 heterocycles. The number of nitriles is 1. The van der Waals surface area contributed by atoms with Crippen LogP contribution in [0.4, 0.5) is 0 Å². The lowest BCUT2D eigenvalue weighted by Gasteiger charge is -2.35. The molecular weight excluding hydrogens is 457 g/mol. The largest absolute Gasteiger partial charge is 0.336 e. The van der Waals surface area contributed by atoms with E-state index in [9.17, 15) is 4.79 Å². The van der Waals surface area contributed by atoms with Gasteiger partial charge in [0.15, 0.2) is 0 Å². The maximum atomic E-state index is 12.9. The van der Waals surface area contributed by atoms with Crippen molar-refractivity contribution in [3.8, 4) is 6.07 Å². The Morgan fingerprint density at radius 2 is 1.67 bits per heavy atom. The molecule has 0 unspecified atom stereocenters. The number of aromatic nitrogens is 2. The highest BCUT2D eigenvalue weighted by Gasteiger charge is 2.23. The van der Waals surface area contributed by atoms with Crippen LogP contribution in [0.15, 0.2) is 55.0 Å². The Kier molecular flexibility index (Phi) is 9.48. The van der Waals surface area contributed by atoms with E-state index in [0.29, 0.717) is 5.56 Å². The van der Waals surface area contributed by atoms with Crippen LogP contribution in [0, 0.1) is 25.2 Å². The average molecular weight is 486 g/mol. The van der Waals surface area contributed by atoms with Crippen LogP contribution in [0.3, 0.4) is 0 Å². The molecule has 1 aromatic heterocycles. The minimum absolute atomic E-state index is 0. The molecule has 0 N–H and O–H groups in total. The fraction of sp³-hybridized carbons (Fsp3) is 0.320. The van der Waals surface area contributed by atoms with Crippen LogP contribution < -0.4 is 0 Å². The smallest absolute Gasteiger partial charge is 0.253 e. The van der Waals surface area contributed by atoms with Crippen molar-refractivity contribution in [3.63, 3.8) is 0 Å². The molecule has 174 valence electrons. The molecule has 0 saturated carbocycles. The summed E-state index contributed by atoms with van der Waals surface area (Å²) in [7, 11) is 0. The Balaban J connectivity index is 0.00000193. The van der Waals surface area contributed by atoms with Crippen molar-refractivity contribution in [2.75, 3.05) is 26.2 Å². The predicted molar refractivity (Wildman–Crippen MR) is 134 cm³/mol. The van der Waals surface area contributed by atoms with Gasteiger partial charge in [0, 0.05) is 51.0 Å². The number of nitrogens with zero attached hydrogens (tertiary/aromatic N) is 5. The molecule has 1 fully saturated rings. The summed E-state index contributed by atoms with van der Waals surface area (Å²) in [5.74, 6) is 0.119. The zero-order valence-corrected chi connectivity index (χ0v) is 20.5. The predicted octanol–water partition coefficient (Wildman–Crippen LogP) is 4.22. The molecule has 4 rings (SSSR count). The number of rotatable bonds is 5. The van der Waals surface area contributed by atoms with E-state index in [1.807, 2.05) is 66.8 Å². The normalized spacial score (nSPS) is 13.5. The monoisotopic (exact) mass is 485 g/mol. The number of imidazole rings is 1. The second kappa shape index (κ2) is 11.9. The number of halogens is 2. The lowest BCUT2D eigenvalue weighted by Crippen LogP contribution is -2.48. The number of hydrogen-bond acceptors (Lipinski definition) is 4. The van der Waals surface area contributed by atoms with E-state index in [1.54, 1.807) is 0 Å². The Hall–Kier alpha value is -2.85. The lowest BCUT2D eigenvalue weighted by atomic mass is 10.1. The summed E-state index contributed by atoms with van der Waals surface area (Å²) >= 11 is 0. The quantitative estimate of drug-likeness (QED) is 0.542. The second-order valence-corrected chi connectivity index (χ2v) is 8.19. The molecule has 0 bridgehead atoms. The molecule has 0 aliphatic carbocycles. The van der Waals surface area contributed by atoms with Gasteiger partial charge in [0.1, 0.15) is 0 Å². The first-order valence-corrected chi connectivity index (χ1v) is 10.6. The van der Waals surface area contributed by atoms with E-state index in [-0.39, 0.29) is 30.7 Å². The third kappa shape index (κ3) is 6.35. The van der Waals surface area contributed by atoms with E-state index in [0.717, 1.165) is 61.7 Å². The van der Waals surface area contributed by atoms with E-state index in [4.69, 9.17) is 5.26 Å².